The fourth-order valence-corrected chi connectivity index (χ4v) is 1.83. The van der Waals surface area contributed by atoms with Crippen LogP contribution in [0.25, 0.3) is 0 Å². The number of rotatable bonds is 2. The number of ether oxygens (including phenoxy) is 1. The van der Waals surface area contributed by atoms with Gasteiger partial charge in [-0.05, 0) is 27.2 Å². The van der Waals surface area contributed by atoms with Crippen LogP contribution in [0, 0.1) is 0 Å². The maximum atomic E-state index is 11.6. The Hall–Kier alpha value is -1.50. The van der Waals surface area contributed by atoms with Gasteiger partial charge in [-0.25, -0.2) is 9.59 Å². The van der Waals surface area contributed by atoms with Crippen LogP contribution < -0.4 is 5.32 Å². The Bertz CT molecular complexity index is 339. The Morgan fingerprint density at radius 1 is 1.44 bits per heavy atom. The number of aliphatic hydroxyl groups excluding tert-OH is 1. The van der Waals surface area contributed by atoms with E-state index in [1.807, 2.05) is 0 Å². The zero-order valence-corrected chi connectivity index (χ0v) is 10.9. The van der Waals surface area contributed by atoms with Crippen molar-refractivity contribution in [2.45, 2.75) is 38.3 Å². The van der Waals surface area contributed by atoms with Crippen LogP contribution in [0.1, 0.15) is 27.2 Å². The molecule has 0 bridgehead atoms. The number of carbonyl (C=O) groups is 2. The largest absolute Gasteiger partial charge is 0.465 e. The number of nitrogens with zero attached hydrogens (tertiary/aromatic N) is 1. The number of carbonyl (C=O) groups excluding carboxylic acids is 1. The van der Waals surface area contributed by atoms with Crippen LogP contribution in [0.15, 0.2) is 0 Å². The smallest absolute Gasteiger partial charge is 0.408 e. The zero-order chi connectivity index (χ0) is 14.0. The minimum Gasteiger partial charge on any atom is -0.465 e. The molecule has 3 N–H and O–H groups in total. The Morgan fingerprint density at radius 2 is 2.06 bits per heavy atom. The lowest BCUT2D eigenvalue weighted by Crippen LogP contribution is -2.54. The molecule has 1 atom stereocenters. The summed E-state index contributed by atoms with van der Waals surface area (Å²) in [7, 11) is 0. The second-order valence-electron chi connectivity index (χ2n) is 5.52. The Labute approximate surface area is 106 Å². The Kier molecular flexibility index (Phi) is 4.05. The third-order valence-electron chi connectivity index (χ3n) is 2.69. The first kappa shape index (κ1) is 14.6. The Balaban J connectivity index is 2.63. The van der Waals surface area contributed by atoms with E-state index < -0.39 is 23.3 Å². The maximum Gasteiger partial charge on any atom is 0.408 e. The highest BCUT2D eigenvalue weighted by Gasteiger charge is 2.41. The van der Waals surface area contributed by atoms with Gasteiger partial charge < -0.3 is 25.2 Å². The number of likely N-dealkylation sites (tertiary alicyclic amines) is 1. The molecule has 0 saturated carbocycles. The summed E-state index contributed by atoms with van der Waals surface area (Å²) < 4.78 is 5.10. The molecule has 0 aromatic rings. The number of hydrogen-bond acceptors (Lipinski definition) is 4. The van der Waals surface area contributed by atoms with Gasteiger partial charge in [0.25, 0.3) is 0 Å². The molecule has 0 aromatic heterocycles. The molecule has 1 aliphatic rings. The standard InChI is InChI=1S/C11H20N2O5/c1-10(2,3)18-8(15)12-11(7-14)4-5-13(6-11)9(16)17/h14H,4-7H2,1-3H3,(H,12,15)(H,16,17)/t11-/m1/s1. The lowest BCUT2D eigenvalue weighted by molar-refractivity contribution is 0.0403. The van der Waals surface area contributed by atoms with Crippen molar-refractivity contribution in [3.05, 3.63) is 0 Å². The third kappa shape index (κ3) is 3.76. The zero-order valence-electron chi connectivity index (χ0n) is 10.9. The van der Waals surface area contributed by atoms with Gasteiger partial charge in [0.1, 0.15) is 5.60 Å². The quantitative estimate of drug-likeness (QED) is 0.676. The summed E-state index contributed by atoms with van der Waals surface area (Å²) >= 11 is 0. The lowest BCUT2D eigenvalue weighted by atomic mass is 10.0. The molecule has 1 rings (SSSR count). The van der Waals surface area contributed by atoms with Crippen molar-refractivity contribution in [3.63, 3.8) is 0 Å². The second kappa shape index (κ2) is 5.01. The van der Waals surface area contributed by atoms with Crippen molar-refractivity contribution in [3.8, 4) is 0 Å². The lowest BCUT2D eigenvalue weighted by Gasteiger charge is -2.29. The number of aliphatic hydroxyl groups is 1. The summed E-state index contributed by atoms with van der Waals surface area (Å²) in [6.45, 7) is 5.23. The molecule has 2 amide bonds. The van der Waals surface area contributed by atoms with Gasteiger partial charge in [-0.15, -0.1) is 0 Å². The molecule has 0 aliphatic carbocycles. The van der Waals surface area contributed by atoms with Gasteiger partial charge >= 0.3 is 12.2 Å². The SMILES string of the molecule is CC(C)(C)OC(=O)N[C@]1(CO)CCN(C(=O)O)C1. The van der Waals surface area contributed by atoms with E-state index in [4.69, 9.17) is 9.84 Å². The molecule has 0 aromatic carbocycles. The van der Waals surface area contributed by atoms with E-state index in [2.05, 4.69) is 5.32 Å². The summed E-state index contributed by atoms with van der Waals surface area (Å²) in [6.07, 6.45) is -1.34. The average Bonchev–Trinajstić information content (AvgIpc) is 2.60. The van der Waals surface area contributed by atoms with Crippen LogP contribution >= 0.6 is 0 Å². The normalized spacial score (nSPS) is 23.9. The van der Waals surface area contributed by atoms with Gasteiger partial charge in [-0.2, -0.15) is 0 Å². The minimum absolute atomic E-state index is 0.0675. The number of hydrogen-bond donors (Lipinski definition) is 3. The molecule has 0 radical (unpaired) electrons. The predicted molar refractivity (Wildman–Crippen MR) is 63.4 cm³/mol. The summed E-state index contributed by atoms with van der Waals surface area (Å²) in [4.78, 5) is 23.6. The van der Waals surface area contributed by atoms with Crippen molar-refractivity contribution >= 4 is 12.2 Å². The first-order chi connectivity index (χ1) is 8.17. The van der Waals surface area contributed by atoms with E-state index in [-0.39, 0.29) is 19.7 Å². The van der Waals surface area contributed by atoms with E-state index >= 15 is 0 Å². The molecule has 1 aliphatic heterocycles. The average molecular weight is 260 g/mol. The molecule has 0 unspecified atom stereocenters. The molecular weight excluding hydrogens is 240 g/mol. The van der Waals surface area contributed by atoms with Crippen LogP contribution in [0.4, 0.5) is 9.59 Å². The summed E-state index contributed by atoms with van der Waals surface area (Å²) in [5, 5.41) is 20.8. The second-order valence-corrected chi connectivity index (χ2v) is 5.52. The van der Waals surface area contributed by atoms with Crippen LogP contribution in [0.2, 0.25) is 0 Å². The van der Waals surface area contributed by atoms with Crippen LogP contribution in [-0.4, -0.2) is 58.1 Å². The molecule has 7 nitrogen and oxygen atoms in total. The predicted octanol–water partition coefficient (Wildman–Crippen LogP) is 0.626. The molecule has 104 valence electrons. The van der Waals surface area contributed by atoms with Crippen molar-refractivity contribution < 1.29 is 24.5 Å². The molecule has 7 heteroatoms. The van der Waals surface area contributed by atoms with Crippen molar-refractivity contribution in [1.29, 1.82) is 0 Å². The number of carboxylic acid groups (broad SMARTS) is 1. The highest BCUT2D eigenvalue weighted by molar-refractivity contribution is 5.70. The molecule has 1 saturated heterocycles. The third-order valence-corrected chi connectivity index (χ3v) is 2.69. The highest BCUT2D eigenvalue weighted by atomic mass is 16.6. The number of nitrogens with one attached hydrogen (secondary N) is 1. The van der Waals surface area contributed by atoms with Gasteiger partial charge in [0.2, 0.25) is 0 Å². The molecular formula is C11H20N2O5. The minimum atomic E-state index is -1.06. The van der Waals surface area contributed by atoms with Gasteiger partial charge in [0, 0.05) is 13.1 Å². The fraction of sp³-hybridized carbons (Fsp3) is 0.818. The van der Waals surface area contributed by atoms with E-state index in [0.29, 0.717) is 6.42 Å². The van der Waals surface area contributed by atoms with E-state index in [1.54, 1.807) is 20.8 Å². The van der Waals surface area contributed by atoms with Gasteiger partial charge in [0.15, 0.2) is 0 Å². The summed E-state index contributed by atoms with van der Waals surface area (Å²) in [5.41, 5.74) is -1.58. The highest BCUT2D eigenvalue weighted by Crippen LogP contribution is 2.21. The fourth-order valence-electron chi connectivity index (χ4n) is 1.83. The maximum absolute atomic E-state index is 11.6. The van der Waals surface area contributed by atoms with E-state index in [0.717, 1.165) is 4.90 Å². The first-order valence-corrected chi connectivity index (χ1v) is 5.77. The van der Waals surface area contributed by atoms with Crippen molar-refractivity contribution in [1.82, 2.24) is 10.2 Å². The first-order valence-electron chi connectivity index (χ1n) is 5.77. The van der Waals surface area contributed by atoms with Crippen LogP contribution in [0.5, 0.6) is 0 Å². The van der Waals surface area contributed by atoms with Crippen molar-refractivity contribution in [2.75, 3.05) is 19.7 Å². The monoisotopic (exact) mass is 260 g/mol. The molecule has 1 fully saturated rings. The van der Waals surface area contributed by atoms with Crippen LogP contribution in [0.3, 0.4) is 0 Å². The van der Waals surface area contributed by atoms with Gasteiger partial charge in [0.05, 0.1) is 12.1 Å². The summed E-state index contributed by atoms with van der Waals surface area (Å²) in [6, 6.07) is 0. The molecule has 1 heterocycles. The number of amides is 2. The van der Waals surface area contributed by atoms with Crippen molar-refractivity contribution in [2.24, 2.45) is 0 Å². The molecule has 18 heavy (non-hydrogen) atoms. The van der Waals surface area contributed by atoms with Gasteiger partial charge in [-0.1, -0.05) is 0 Å². The Morgan fingerprint density at radius 3 is 2.44 bits per heavy atom. The topological polar surface area (TPSA) is 99.1 Å². The summed E-state index contributed by atoms with van der Waals surface area (Å²) in [5.74, 6) is 0. The van der Waals surface area contributed by atoms with E-state index in [1.165, 1.54) is 0 Å². The van der Waals surface area contributed by atoms with E-state index in [9.17, 15) is 14.7 Å². The van der Waals surface area contributed by atoms with Crippen LogP contribution in [-0.2, 0) is 4.74 Å². The number of alkyl carbamates (subject to hydrolysis) is 1. The molecule has 0 spiro atoms. The van der Waals surface area contributed by atoms with Gasteiger partial charge in [-0.3, -0.25) is 0 Å².